The fourth-order valence-electron chi connectivity index (χ4n) is 5.53. The van der Waals surface area contributed by atoms with Gasteiger partial charge in [0.25, 0.3) is 0 Å². The average Bonchev–Trinajstić information content (AvgIpc) is 2.77. The van der Waals surface area contributed by atoms with E-state index in [-0.39, 0.29) is 16.2 Å². The van der Waals surface area contributed by atoms with E-state index in [9.17, 15) is 8.02 Å². The van der Waals surface area contributed by atoms with Crippen LogP contribution in [0.15, 0.2) is 0 Å². The van der Waals surface area contributed by atoms with Crippen LogP contribution in [0.1, 0.15) is 59.3 Å². The average molecular weight is 302 g/mol. The zero-order valence-electron chi connectivity index (χ0n) is 11.1. The molecular weight excluding hydrogens is 279 g/mol. The van der Waals surface area contributed by atoms with Gasteiger partial charge in [-0.2, -0.15) is 0 Å². The van der Waals surface area contributed by atoms with Gasteiger partial charge >= 0.3 is 108 Å². The fourth-order valence-corrected chi connectivity index (χ4v) is 8.56. The first kappa shape index (κ1) is 12.2. The molecule has 0 radical (unpaired) electrons. The van der Waals surface area contributed by atoms with E-state index in [0.717, 1.165) is 11.2 Å². The van der Waals surface area contributed by atoms with Crippen LogP contribution < -0.4 is 0 Å². The number of rotatable bonds is 1. The van der Waals surface area contributed by atoms with Crippen molar-refractivity contribution in [2.45, 2.75) is 59.3 Å². The maximum absolute atomic E-state index is 12.0. The molecule has 3 heteroatoms. The Bertz CT molecular complexity index is 370. The molecule has 0 aromatic carbocycles. The molecule has 0 heterocycles. The van der Waals surface area contributed by atoms with E-state index in [1.165, 1.54) is 32.1 Å². The van der Waals surface area contributed by atoms with Crippen LogP contribution in [0, 0.1) is 27.0 Å². The number of hydrogen-bond donors (Lipinski definition) is 1. The van der Waals surface area contributed by atoms with Crippen LogP contribution >= 0.6 is 0 Å². The molecule has 3 aliphatic carbocycles. The van der Waals surface area contributed by atoms with Crippen LogP contribution in [-0.2, 0) is 3.83 Å². The van der Waals surface area contributed by atoms with Crippen LogP contribution in [-0.4, -0.2) is 18.4 Å². The van der Waals surface area contributed by atoms with Gasteiger partial charge in [-0.05, 0) is 0 Å². The van der Waals surface area contributed by atoms with E-state index in [0.29, 0.717) is 5.92 Å². The predicted octanol–water partition coefficient (Wildman–Crippen LogP) is 3.03. The van der Waals surface area contributed by atoms with Gasteiger partial charge in [-0.25, -0.2) is 0 Å². The molecule has 3 fully saturated rings. The van der Waals surface area contributed by atoms with Crippen molar-refractivity contribution >= 4 is 14.2 Å². The molecule has 0 aromatic heterocycles. The molecule has 0 saturated heterocycles. The third kappa shape index (κ3) is 1.19. The third-order valence-electron chi connectivity index (χ3n) is 6.52. The number of fused-ring (bicyclic) bond motifs is 3. The molecule has 2 bridgehead atoms. The molecule has 2 nitrogen and oxygen atoms in total. The predicted molar refractivity (Wildman–Crippen MR) is 67.4 cm³/mol. The second-order valence-electron chi connectivity index (χ2n) is 7.09. The van der Waals surface area contributed by atoms with E-state index in [4.69, 9.17) is 0 Å². The zero-order valence-corrected chi connectivity index (χ0v) is 12.8. The standard InChI is InChI=1S/C14H22O2Se/c1-12(2)10-6-9-13(12,3)11(17(15)16)14(10)7-4-5-8-14/h10H,4-9H2,1-3H3/p+1. The van der Waals surface area contributed by atoms with Crippen LogP contribution in [0.5, 0.6) is 0 Å². The molecule has 3 aliphatic rings. The van der Waals surface area contributed by atoms with Gasteiger partial charge in [-0.1, -0.05) is 0 Å². The first-order chi connectivity index (χ1) is 7.86. The molecule has 96 valence electrons. The van der Waals surface area contributed by atoms with Crippen molar-refractivity contribution in [2.75, 3.05) is 0 Å². The summed E-state index contributed by atoms with van der Waals surface area (Å²) in [6.45, 7) is 6.94. The van der Waals surface area contributed by atoms with Gasteiger partial charge in [0.2, 0.25) is 0 Å². The molecule has 3 atom stereocenters. The van der Waals surface area contributed by atoms with Gasteiger partial charge in [0, 0.05) is 0 Å². The summed E-state index contributed by atoms with van der Waals surface area (Å²) in [7, 11) is 0. The Morgan fingerprint density at radius 1 is 1.18 bits per heavy atom. The first-order valence-corrected chi connectivity index (χ1v) is 9.17. The van der Waals surface area contributed by atoms with E-state index >= 15 is 0 Å². The summed E-state index contributed by atoms with van der Waals surface area (Å²) in [5, 5.41) is 0. The van der Waals surface area contributed by atoms with Crippen molar-refractivity contribution in [2.24, 2.45) is 22.2 Å². The quantitative estimate of drug-likeness (QED) is 0.597. The normalized spacial score (nSPS) is 43.5. The Labute approximate surface area is 109 Å². The van der Waals surface area contributed by atoms with Gasteiger partial charge in [0.05, 0.1) is 0 Å². The van der Waals surface area contributed by atoms with Crippen LogP contribution in [0.2, 0.25) is 0 Å². The Hall–Kier alpha value is 0.149. The molecule has 1 spiro atoms. The van der Waals surface area contributed by atoms with Crippen molar-refractivity contribution in [1.82, 2.24) is 0 Å². The van der Waals surface area contributed by atoms with Crippen molar-refractivity contribution in [3.63, 3.8) is 0 Å². The summed E-state index contributed by atoms with van der Waals surface area (Å²) in [6.07, 6.45) is 7.26. The Kier molecular flexibility index (Phi) is 2.42. The number of hydrogen-bond acceptors (Lipinski definition) is 1. The summed E-state index contributed by atoms with van der Waals surface area (Å²) < 4.78 is 21.9. The topological polar surface area (TPSA) is 37.3 Å². The van der Waals surface area contributed by atoms with E-state index in [2.05, 4.69) is 20.8 Å². The van der Waals surface area contributed by atoms with Crippen molar-refractivity contribution in [3.8, 4) is 0 Å². The molecule has 17 heavy (non-hydrogen) atoms. The second kappa shape index (κ2) is 3.37. The molecule has 1 N–H and O–H groups in total. The molecule has 0 aromatic rings. The van der Waals surface area contributed by atoms with Crippen molar-refractivity contribution < 1.29 is 8.02 Å². The molecule has 0 aliphatic heterocycles. The van der Waals surface area contributed by atoms with Crippen LogP contribution in [0.25, 0.3) is 0 Å². The minimum atomic E-state index is -2.73. The van der Waals surface area contributed by atoms with Gasteiger partial charge in [0.15, 0.2) is 0 Å². The zero-order chi connectivity index (χ0) is 12.5. The Balaban J connectivity index is 2.15. The monoisotopic (exact) mass is 303 g/mol. The summed E-state index contributed by atoms with van der Waals surface area (Å²) in [5.41, 5.74) is 0.405. The summed E-state index contributed by atoms with van der Waals surface area (Å²) in [4.78, 5) is 1.10. The van der Waals surface area contributed by atoms with Gasteiger partial charge in [-0.3, -0.25) is 0 Å². The minimum absolute atomic E-state index is 0.0309. The molecule has 3 rings (SSSR count). The van der Waals surface area contributed by atoms with Crippen LogP contribution in [0.3, 0.4) is 0 Å². The molecule has 0 amide bonds. The van der Waals surface area contributed by atoms with Crippen LogP contribution in [0.4, 0.5) is 0 Å². The first-order valence-electron chi connectivity index (χ1n) is 6.85. The van der Waals surface area contributed by atoms with E-state index in [1.54, 1.807) is 0 Å². The van der Waals surface area contributed by atoms with Gasteiger partial charge in [0.1, 0.15) is 0 Å². The van der Waals surface area contributed by atoms with Gasteiger partial charge in [-0.15, -0.1) is 0 Å². The second-order valence-corrected chi connectivity index (χ2v) is 8.99. The SMILES string of the molecule is CC12CCC(C3(CCCC3)[C+]1[Se](=O)O)C2(C)C. The molecule has 3 unspecified atom stereocenters. The Morgan fingerprint density at radius 2 is 1.76 bits per heavy atom. The summed E-state index contributed by atoms with van der Waals surface area (Å²) in [5.74, 6) is 0.657. The summed E-state index contributed by atoms with van der Waals surface area (Å²) >= 11 is -2.73. The van der Waals surface area contributed by atoms with E-state index in [1.807, 2.05) is 0 Å². The van der Waals surface area contributed by atoms with Gasteiger partial charge < -0.3 is 0 Å². The third-order valence-corrected chi connectivity index (χ3v) is 9.05. The maximum atomic E-state index is 12.0. The van der Waals surface area contributed by atoms with E-state index < -0.39 is 14.2 Å². The fraction of sp³-hybridized carbons (Fsp3) is 0.929. The Morgan fingerprint density at radius 3 is 2.29 bits per heavy atom. The van der Waals surface area contributed by atoms with Crippen molar-refractivity contribution in [3.05, 3.63) is 4.82 Å². The molecule has 3 saturated carbocycles. The summed E-state index contributed by atoms with van der Waals surface area (Å²) in [6, 6.07) is 0. The van der Waals surface area contributed by atoms with Crippen molar-refractivity contribution in [1.29, 1.82) is 0 Å². The molecular formula is C14H23O2Se+.